The van der Waals surface area contributed by atoms with Crippen molar-refractivity contribution in [3.63, 3.8) is 0 Å². The third-order valence-electron chi connectivity index (χ3n) is 3.34. The maximum atomic E-state index is 11.7. The second-order valence-electron chi connectivity index (χ2n) is 4.56. The number of hydrogen-bond donors (Lipinski definition) is 2. The number of rotatable bonds is 3. The van der Waals surface area contributed by atoms with E-state index < -0.39 is 0 Å². The van der Waals surface area contributed by atoms with Gasteiger partial charge in [-0.15, -0.1) is 0 Å². The molecule has 2 unspecified atom stereocenters. The summed E-state index contributed by atoms with van der Waals surface area (Å²) in [5.74, 6) is -0.584. The maximum Gasteiger partial charge on any atom is 0.243 e. The summed E-state index contributed by atoms with van der Waals surface area (Å²) in [7, 11) is 0. The van der Waals surface area contributed by atoms with E-state index in [9.17, 15) is 9.59 Å². The Kier molecular flexibility index (Phi) is 4.19. The van der Waals surface area contributed by atoms with Crippen LogP contribution in [0, 0.1) is 0 Å². The topological polar surface area (TPSA) is 75.4 Å². The number of piperazine rings is 1. The highest BCUT2D eigenvalue weighted by Gasteiger charge is 2.34. The normalized spacial score (nSPS) is 22.2. The quantitative estimate of drug-likeness (QED) is 0.799. The van der Waals surface area contributed by atoms with Crippen LogP contribution in [-0.2, 0) is 9.59 Å². The van der Waals surface area contributed by atoms with E-state index in [0.717, 1.165) is 5.56 Å². The van der Waals surface area contributed by atoms with Gasteiger partial charge < -0.3 is 5.73 Å². The van der Waals surface area contributed by atoms with Crippen molar-refractivity contribution in [2.75, 3.05) is 13.1 Å². The first-order valence-corrected chi connectivity index (χ1v) is 6.45. The third kappa shape index (κ3) is 2.94. The predicted octanol–water partition coefficient (Wildman–Crippen LogP) is 0.687. The summed E-state index contributed by atoms with van der Waals surface area (Å²) in [5.41, 5.74) is 6.75. The maximum absolute atomic E-state index is 11.7. The van der Waals surface area contributed by atoms with Crippen molar-refractivity contribution >= 4 is 23.4 Å². The minimum atomic E-state index is -0.387. The fourth-order valence-electron chi connectivity index (χ4n) is 2.26. The van der Waals surface area contributed by atoms with Crippen LogP contribution in [0.4, 0.5) is 0 Å². The second kappa shape index (κ2) is 5.69. The fraction of sp³-hybridized carbons (Fsp3) is 0.385. The van der Waals surface area contributed by atoms with Gasteiger partial charge in [0, 0.05) is 17.6 Å². The highest BCUT2D eigenvalue weighted by Crippen LogP contribution is 2.24. The molecule has 1 aromatic carbocycles. The molecule has 1 aliphatic heterocycles. The van der Waals surface area contributed by atoms with Crippen LogP contribution in [0.15, 0.2) is 24.3 Å². The van der Waals surface area contributed by atoms with Crippen LogP contribution >= 0.6 is 11.6 Å². The average Bonchev–Trinajstić information content (AvgIpc) is 2.38. The van der Waals surface area contributed by atoms with Gasteiger partial charge >= 0.3 is 0 Å². The van der Waals surface area contributed by atoms with E-state index in [1.165, 1.54) is 0 Å². The first-order valence-electron chi connectivity index (χ1n) is 6.08. The molecule has 1 heterocycles. The Morgan fingerprint density at radius 3 is 2.63 bits per heavy atom. The number of benzene rings is 1. The SMILES string of the molecule is CC1C(=O)NC(=O)CN1C(CN)c1ccc(Cl)cc1. The summed E-state index contributed by atoms with van der Waals surface area (Å²) in [6.45, 7) is 2.25. The van der Waals surface area contributed by atoms with Gasteiger partial charge in [0.15, 0.2) is 0 Å². The molecule has 1 aromatic rings. The molecule has 2 amide bonds. The van der Waals surface area contributed by atoms with Crippen molar-refractivity contribution in [3.05, 3.63) is 34.9 Å². The summed E-state index contributed by atoms with van der Waals surface area (Å²) in [4.78, 5) is 25.0. The summed E-state index contributed by atoms with van der Waals surface area (Å²) in [6.07, 6.45) is 0. The fourth-order valence-corrected chi connectivity index (χ4v) is 2.39. The number of imide groups is 1. The molecule has 0 saturated carbocycles. The summed E-state index contributed by atoms with van der Waals surface area (Å²) >= 11 is 5.86. The molecule has 1 aliphatic rings. The Balaban J connectivity index is 2.27. The van der Waals surface area contributed by atoms with E-state index in [1.807, 2.05) is 17.0 Å². The molecule has 0 radical (unpaired) electrons. The zero-order chi connectivity index (χ0) is 14.0. The third-order valence-corrected chi connectivity index (χ3v) is 3.60. The van der Waals surface area contributed by atoms with Gasteiger partial charge in [-0.2, -0.15) is 0 Å². The van der Waals surface area contributed by atoms with E-state index in [0.29, 0.717) is 11.6 Å². The number of hydrogen-bond acceptors (Lipinski definition) is 4. The molecule has 0 aromatic heterocycles. The Bertz CT molecular complexity index is 489. The largest absolute Gasteiger partial charge is 0.329 e. The molecule has 1 fully saturated rings. The van der Waals surface area contributed by atoms with Gasteiger partial charge in [-0.1, -0.05) is 23.7 Å². The van der Waals surface area contributed by atoms with Gasteiger partial charge in [0.25, 0.3) is 0 Å². The summed E-state index contributed by atoms with van der Waals surface area (Å²) in [6, 6.07) is 6.71. The number of nitrogens with zero attached hydrogens (tertiary/aromatic N) is 1. The van der Waals surface area contributed by atoms with Gasteiger partial charge in [0.05, 0.1) is 12.6 Å². The van der Waals surface area contributed by atoms with Gasteiger partial charge in [-0.05, 0) is 24.6 Å². The van der Waals surface area contributed by atoms with Crippen LogP contribution in [0.3, 0.4) is 0 Å². The van der Waals surface area contributed by atoms with E-state index in [1.54, 1.807) is 19.1 Å². The van der Waals surface area contributed by atoms with Crippen molar-refractivity contribution in [1.29, 1.82) is 0 Å². The van der Waals surface area contributed by atoms with Crippen molar-refractivity contribution in [2.45, 2.75) is 19.0 Å². The molecular formula is C13H16ClN3O2. The van der Waals surface area contributed by atoms with Gasteiger partial charge in [-0.3, -0.25) is 19.8 Å². The number of nitrogens with two attached hydrogens (primary N) is 1. The lowest BCUT2D eigenvalue weighted by Gasteiger charge is -2.37. The Labute approximate surface area is 116 Å². The zero-order valence-corrected chi connectivity index (χ0v) is 11.4. The lowest BCUT2D eigenvalue weighted by molar-refractivity contribution is -0.140. The first-order chi connectivity index (χ1) is 9.02. The van der Waals surface area contributed by atoms with Crippen molar-refractivity contribution in [3.8, 4) is 0 Å². The zero-order valence-electron chi connectivity index (χ0n) is 10.6. The van der Waals surface area contributed by atoms with Gasteiger partial charge in [0.1, 0.15) is 0 Å². The molecule has 102 valence electrons. The Hall–Kier alpha value is -1.43. The van der Waals surface area contributed by atoms with E-state index in [2.05, 4.69) is 5.32 Å². The van der Waals surface area contributed by atoms with E-state index >= 15 is 0 Å². The molecule has 5 nitrogen and oxygen atoms in total. The van der Waals surface area contributed by atoms with Crippen molar-refractivity contribution < 1.29 is 9.59 Å². The second-order valence-corrected chi connectivity index (χ2v) is 5.00. The minimum absolute atomic E-state index is 0.164. The van der Waals surface area contributed by atoms with Crippen LogP contribution in [0.1, 0.15) is 18.5 Å². The lowest BCUT2D eigenvalue weighted by atomic mass is 10.0. The number of carbonyl (C=O) groups is 2. The molecule has 0 aliphatic carbocycles. The molecule has 1 saturated heterocycles. The van der Waals surface area contributed by atoms with Crippen LogP contribution in [-0.4, -0.2) is 35.8 Å². The predicted molar refractivity (Wildman–Crippen MR) is 72.6 cm³/mol. The number of halogens is 1. The van der Waals surface area contributed by atoms with E-state index in [4.69, 9.17) is 17.3 Å². The first kappa shape index (κ1) is 14.0. The summed E-state index contributed by atoms with van der Waals surface area (Å²) < 4.78 is 0. The molecule has 2 rings (SSSR count). The molecule has 0 bridgehead atoms. The standard InChI is InChI=1S/C13H16ClN3O2/c1-8-13(19)16-12(18)7-17(8)11(6-15)9-2-4-10(14)5-3-9/h2-5,8,11H,6-7,15H2,1H3,(H,16,18,19). The Morgan fingerprint density at radius 1 is 1.42 bits per heavy atom. The van der Waals surface area contributed by atoms with Crippen LogP contribution in [0.5, 0.6) is 0 Å². The highest BCUT2D eigenvalue weighted by atomic mass is 35.5. The van der Waals surface area contributed by atoms with Crippen molar-refractivity contribution in [2.24, 2.45) is 5.73 Å². The Morgan fingerprint density at radius 2 is 2.05 bits per heavy atom. The molecular weight excluding hydrogens is 266 g/mol. The monoisotopic (exact) mass is 281 g/mol. The van der Waals surface area contributed by atoms with E-state index in [-0.39, 0.29) is 30.4 Å². The molecule has 19 heavy (non-hydrogen) atoms. The van der Waals surface area contributed by atoms with Crippen LogP contribution < -0.4 is 11.1 Å². The molecule has 6 heteroatoms. The lowest BCUT2D eigenvalue weighted by Crippen LogP contribution is -2.58. The highest BCUT2D eigenvalue weighted by molar-refractivity contribution is 6.30. The van der Waals surface area contributed by atoms with Crippen molar-refractivity contribution in [1.82, 2.24) is 10.2 Å². The smallest absolute Gasteiger partial charge is 0.243 e. The van der Waals surface area contributed by atoms with Gasteiger partial charge in [-0.25, -0.2) is 0 Å². The minimum Gasteiger partial charge on any atom is -0.329 e. The molecule has 3 N–H and O–H groups in total. The number of carbonyl (C=O) groups excluding carboxylic acids is 2. The van der Waals surface area contributed by atoms with Crippen LogP contribution in [0.25, 0.3) is 0 Å². The molecule has 0 spiro atoms. The average molecular weight is 282 g/mol. The van der Waals surface area contributed by atoms with Gasteiger partial charge in [0.2, 0.25) is 11.8 Å². The number of amides is 2. The summed E-state index contributed by atoms with van der Waals surface area (Å²) in [5, 5.41) is 2.96. The molecule has 2 atom stereocenters. The number of nitrogens with one attached hydrogen (secondary N) is 1. The van der Waals surface area contributed by atoms with Crippen LogP contribution in [0.2, 0.25) is 5.02 Å².